The summed E-state index contributed by atoms with van der Waals surface area (Å²) in [6.07, 6.45) is 2.64. The minimum absolute atomic E-state index is 0.00983. The van der Waals surface area contributed by atoms with Gasteiger partial charge in [0.25, 0.3) is 0 Å². The van der Waals surface area contributed by atoms with E-state index in [9.17, 15) is 9.59 Å². The molecule has 1 aliphatic carbocycles. The first-order valence-electron chi connectivity index (χ1n) is 9.10. The summed E-state index contributed by atoms with van der Waals surface area (Å²) in [4.78, 5) is 25.8. The number of methoxy groups -OCH3 is 1. The van der Waals surface area contributed by atoms with Gasteiger partial charge >= 0.3 is 5.97 Å². The van der Waals surface area contributed by atoms with E-state index < -0.39 is 11.9 Å². The van der Waals surface area contributed by atoms with Gasteiger partial charge < -0.3 is 14.5 Å². The van der Waals surface area contributed by atoms with Crippen LogP contribution in [0.15, 0.2) is 74.1 Å². The van der Waals surface area contributed by atoms with Crippen LogP contribution in [0.25, 0.3) is 0 Å². The van der Waals surface area contributed by atoms with Crippen LogP contribution >= 0.6 is 15.9 Å². The highest BCUT2D eigenvalue weighted by atomic mass is 79.9. The molecule has 2 atom stereocenters. The van der Waals surface area contributed by atoms with E-state index in [1.165, 1.54) is 7.11 Å². The lowest BCUT2D eigenvalue weighted by molar-refractivity contribution is -0.136. The molecule has 0 amide bonds. The summed E-state index contributed by atoms with van der Waals surface area (Å²) in [5.74, 6) is -0.0618. The number of furan rings is 1. The number of rotatable bonds is 3. The molecule has 0 spiro atoms. The highest BCUT2D eigenvalue weighted by Gasteiger charge is 2.41. The predicted octanol–water partition coefficient (Wildman–Crippen LogP) is 4.58. The summed E-state index contributed by atoms with van der Waals surface area (Å²) in [6, 6.07) is 11.5. The Bertz CT molecular complexity index is 1000. The lowest BCUT2D eigenvalue weighted by atomic mass is 9.72. The van der Waals surface area contributed by atoms with E-state index in [0.29, 0.717) is 29.7 Å². The zero-order valence-electron chi connectivity index (χ0n) is 15.6. The van der Waals surface area contributed by atoms with Gasteiger partial charge in [0.05, 0.1) is 18.9 Å². The average molecular weight is 442 g/mol. The Hall–Kier alpha value is -2.60. The molecule has 144 valence electrons. The number of Topliss-reactive ketones (excluding diaryl/α,β-unsaturated/α-hetero) is 1. The van der Waals surface area contributed by atoms with Gasteiger partial charge in [-0.2, -0.15) is 0 Å². The van der Waals surface area contributed by atoms with Crippen LogP contribution in [0.4, 0.5) is 0 Å². The number of halogens is 1. The Morgan fingerprint density at radius 2 is 2.07 bits per heavy atom. The van der Waals surface area contributed by atoms with Gasteiger partial charge in [0.1, 0.15) is 5.76 Å². The number of benzene rings is 1. The third-order valence-corrected chi connectivity index (χ3v) is 5.85. The van der Waals surface area contributed by atoms with E-state index in [0.717, 1.165) is 21.5 Å². The van der Waals surface area contributed by atoms with Crippen molar-refractivity contribution < 1.29 is 18.7 Å². The van der Waals surface area contributed by atoms with Gasteiger partial charge in [-0.05, 0) is 43.2 Å². The van der Waals surface area contributed by atoms with Crippen LogP contribution in [0.1, 0.15) is 42.9 Å². The van der Waals surface area contributed by atoms with Crippen LogP contribution in [0.2, 0.25) is 0 Å². The Labute approximate surface area is 171 Å². The van der Waals surface area contributed by atoms with Crippen molar-refractivity contribution in [3.63, 3.8) is 0 Å². The second-order valence-electron chi connectivity index (χ2n) is 7.08. The molecule has 2 aliphatic rings. The van der Waals surface area contributed by atoms with Gasteiger partial charge in [-0.1, -0.05) is 28.1 Å². The second-order valence-corrected chi connectivity index (χ2v) is 7.99. The van der Waals surface area contributed by atoms with Crippen LogP contribution in [0.5, 0.6) is 0 Å². The molecule has 1 N–H and O–H groups in total. The molecular formula is C22H20BrNO4. The van der Waals surface area contributed by atoms with Gasteiger partial charge in [0, 0.05) is 39.7 Å². The van der Waals surface area contributed by atoms with Crippen LogP contribution in [-0.4, -0.2) is 18.9 Å². The fraction of sp³-hybridized carbons (Fsp3) is 0.273. The number of nitrogens with one attached hydrogen (secondary N) is 1. The average Bonchev–Trinajstić information content (AvgIpc) is 3.21. The minimum Gasteiger partial charge on any atom is -0.469 e. The highest BCUT2D eigenvalue weighted by molar-refractivity contribution is 9.10. The summed E-state index contributed by atoms with van der Waals surface area (Å²) in [5, 5.41) is 3.30. The van der Waals surface area contributed by atoms with E-state index in [-0.39, 0.29) is 11.7 Å². The lowest BCUT2D eigenvalue weighted by Crippen LogP contribution is -2.35. The first-order chi connectivity index (χ1) is 13.5. The van der Waals surface area contributed by atoms with Crippen molar-refractivity contribution in [3.05, 3.63) is 81.0 Å². The van der Waals surface area contributed by atoms with E-state index in [1.54, 1.807) is 6.26 Å². The van der Waals surface area contributed by atoms with Crippen LogP contribution in [0.3, 0.4) is 0 Å². The van der Waals surface area contributed by atoms with Gasteiger partial charge in [0.2, 0.25) is 0 Å². The largest absolute Gasteiger partial charge is 0.469 e. The number of dihydropyridines is 1. The van der Waals surface area contributed by atoms with Crippen molar-refractivity contribution >= 4 is 27.7 Å². The summed E-state index contributed by atoms with van der Waals surface area (Å²) >= 11 is 3.50. The second kappa shape index (κ2) is 7.43. The summed E-state index contributed by atoms with van der Waals surface area (Å²) in [6.45, 7) is 1.85. The molecule has 2 heterocycles. The molecule has 5 nitrogen and oxygen atoms in total. The number of carbonyl (C=O) groups excluding carboxylic acids is 2. The number of esters is 1. The molecule has 0 unspecified atom stereocenters. The maximum absolute atomic E-state index is 13.2. The number of ether oxygens (including phenoxy) is 1. The Morgan fingerprint density at radius 3 is 2.75 bits per heavy atom. The molecule has 6 heteroatoms. The molecule has 28 heavy (non-hydrogen) atoms. The Morgan fingerprint density at radius 1 is 1.25 bits per heavy atom. The normalized spacial score (nSPS) is 22.0. The zero-order chi connectivity index (χ0) is 19.8. The number of hydrogen-bond acceptors (Lipinski definition) is 5. The van der Waals surface area contributed by atoms with Crippen molar-refractivity contribution in [2.24, 2.45) is 0 Å². The monoisotopic (exact) mass is 441 g/mol. The van der Waals surface area contributed by atoms with Crippen molar-refractivity contribution in [2.75, 3.05) is 7.11 Å². The molecule has 4 rings (SSSR count). The quantitative estimate of drug-likeness (QED) is 0.706. The van der Waals surface area contributed by atoms with Crippen LogP contribution < -0.4 is 5.32 Å². The number of allylic oxidation sites excluding steroid dienone is 3. The van der Waals surface area contributed by atoms with Crippen LogP contribution in [-0.2, 0) is 14.3 Å². The minimum atomic E-state index is -0.453. The summed E-state index contributed by atoms with van der Waals surface area (Å²) in [5.41, 5.74) is 3.57. The molecule has 0 bridgehead atoms. The maximum Gasteiger partial charge on any atom is 0.336 e. The first-order valence-corrected chi connectivity index (χ1v) is 9.90. The highest BCUT2D eigenvalue weighted by Crippen LogP contribution is 2.45. The lowest BCUT2D eigenvalue weighted by Gasteiger charge is -2.36. The summed E-state index contributed by atoms with van der Waals surface area (Å²) < 4.78 is 11.5. The molecular weight excluding hydrogens is 422 g/mol. The van der Waals surface area contributed by atoms with Gasteiger partial charge in [-0.3, -0.25) is 4.79 Å². The fourth-order valence-electron chi connectivity index (χ4n) is 4.16. The molecule has 0 saturated carbocycles. The van der Waals surface area contributed by atoms with Crippen molar-refractivity contribution in [1.82, 2.24) is 5.32 Å². The smallest absolute Gasteiger partial charge is 0.336 e. The van der Waals surface area contributed by atoms with E-state index in [1.807, 2.05) is 43.3 Å². The van der Waals surface area contributed by atoms with Crippen molar-refractivity contribution in [1.29, 1.82) is 0 Å². The maximum atomic E-state index is 13.2. The number of ketones is 1. The van der Waals surface area contributed by atoms with E-state index in [4.69, 9.17) is 9.15 Å². The molecule has 1 aliphatic heterocycles. The molecule has 2 aromatic rings. The fourth-order valence-corrected chi connectivity index (χ4v) is 4.58. The number of hydrogen-bond donors (Lipinski definition) is 1. The SMILES string of the molecule is COC(=O)C1=C(C)NC2=C(C(=O)C[C@H](c3ccco3)C2)[C@H]1c1cccc(Br)c1. The predicted molar refractivity (Wildman–Crippen MR) is 107 cm³/mol. The van der Waals surface area contributed by atoms with Gasteiger partial charge in [0.15, 0.2) is 5.78 Å². The topological polar surface area (TPSA) is 68.5 Å². The Kier molecular flexibility index (Phi) is 4.98. The number of carbonyl (C=O) groups is 2. The first kappa shape index (κ1) is 18.7. The third-order valence-electron chi connectivity index (χ3n) is 5.36. The molecule has 1 aromatic carbocycles. The zero-order valence-corrected chi connectivity index (χ0v) is 17.2. The molecule has 1 aromatic heterocycles. The molecule has 0 saturated heterocycles. The van der Waals surface area contributed by atoms with Crippen LogP contribution in [0, 0.1) is 0 Å². The van der Waals surface area contributed by atoms with Gasteiger partial charge in [-0.25, -0.2) is 4.79 Å². The molecule has 0 radical (unpaired) electrons. The standard InChI is InChI=1S/C22H20BrNO4/c1-12-19(22(26)27-2)20(13-5-3-6-15(23)9-13)21-16(24-12)10-14(11-17(21)25)18-7-4-8-28-18/h3-9,14,20,24H,10-11H2,1-2H3/t14-,20+/m1/s1. The summed E-state index contributed by atoms with van der Waals surface area (Å²) in [7, 11) is 1.36. The van der Waals surface area contributed by atoms with Crippen molar-refractivity contribution in [2.45, 2.75) is 31.6 Å². The van der Waals surface area contributed by atoms with Crippen molar-refractivity contribution in [3.8, 4) is 0 Å². The Balaban J connectivity index is 1.83. The van der Waals surface area contributed by atoms with E-state index in [2.05, 4.69) is 21.2 Å². The van der Waals surface area contributed by atoms with E-state index >= 15 is 0 Å². The third kappa shape index (κ3) is 3.22. The molecule has 0 fully saturated rings. The van der Waals surface area contributed by atoms with Gasteiger partial charge in [-0.15, -0.1) is 0 Å².